The second-order valence-electron chi connectivity index (χ2n) is 6.11. The second kappa shape index (κ2) is 14.9. The van der Waals surface area contributed by atoms with E-state index in [9.17, 15) is 19.2 Å². The zero-order valence-corrected chi connectivity index (χ0v) is 15.6. The van der Waals surface area contributed by atoms with E-state index in [1.165, 1.54) is 0 Å². The van der Waals surface area contributed by atoms with E-state index in [1.807, 2.05) is 13.8 Å². The number of carbonyl (C=O) groups is 4. The van der Waals surface area contributed by atoms with E-state index in [4.69, 9.17) is 31.9 Å². The average molecular weight is 393 g/mol. The minimum absolute atomic E-state index is 0.0231. The van der Waals surface area contributed by atoms with Crippen molar-refractivity contribution in [2.75, 3.05) is 6.54 Å². The molecule has 4 atom stereocenters. The lowest BCUT2D eigenvalue weighted by Gasteiger charge is -2.11. The van der Waals surface area contributed by atoms with Gasteiger partial charge in [0.25, 0.3) is 0 Å². The Bertz CT molecular complexity index is 480. The first-order valence-electron chi connectivity index (χ1n) is 8.58. The van der Waals surface area contributed by atoms with Crippen LogP contribution in [0.15, 0.2) is 0 Å². The van der Waals surface area contributed by atoms with Gasteiger partial charge in [-0.15, -0.1) is 0 Å². The van der Waals surface area contributed by atoms with Crippen LogP contribution in [0.1, 0.15) is 46.0 Å². The molecule has 158 valence electrons. The van der Waals surface area contributed by atoms with Crippen LogP contribution in [0.25, 0.3) is 0 Å². The lowest BCUT2D eigenvalue weighted by Crippen LogP contribution is -2.36. The summed E-state index contributed by atoms with van der Waals surface area (Å²) >= 11 is 0. The van der Waals surface area contributed by atoms with E-state index in [-0.39, 0.29) is 24.8 Å². The van der Waals surface area contributed by atoms with Gasteiger partial charge in [0.2, 0.25) is 0 Å². The third-order valence-corrected chi connectivity index (χ3v) is 3.89. The highest BCUT2D eigenvalue weighted by Gasteiger charge is 2.20. The Morgan fingerprint density at radius 3 is 1.85 bits per heavy atom. The number of hydrogen-bond acceptors (Lipinski definition) is 7. The van der Waals surface area contributed by atoms with Crippen molar-refractivity contribution in [1.29, 1.82) is 0 Å². The Morgan fingerprint density at radius 1 is 1.07 bits per heavy atom. The van der Waals surface area contributed by atoms with Crippen molar-refractivity contribution < 1.29 is 39.6 Å². The molecule has 0 aromatic heterocycles. The summed E-state index contributed by atoms with van der Waals surface area (Å²) in [5.74, 6) is -3.76. The average Bonchev–Trinajstić information content (AvgIpc) is 3.14. The zero-order chi connectivity index (χ0) is 21.6. The van der Waals surface area contributed by atoms with Crippen molar-refractivity contribution in [1.82, 2.24) is 5.32 Å². The summed E-state index contributed by atoms with van der Waals surface area (Å²) in [5.41, 5.74) is 10.3. The first-order chi connectivity index (χ1) is 12.4. The fraction of sp³-hybridized carbons (Fsp3) is 0.750. The van der Waals surface area contributed by atoms with Crippen molar-refractivity contribution >= 4 is 23.9 Å². The molecule has 1 fully saturated rings. The molecular formula is C16H31N3O8. The predicted octanol–water partition coefficient (Wildman–Crippen LogP) is -0.469. The Kier molecular flexibility index (Phi) is 14.9. The van der Waals surface area contributed by atoms with Crippen molar-refractivity contribution in [3.8, 4) is 0 Å². The van der Waals surface area contributed by atoms with Crippen LogP contribution in [0, 0.1) is 5.92 Å². The highest BCUT2D eigenvalue weighted by atomic mass is 16.4. The Labute approximate surface area is 157 Å². The lowest BCUT2D eigenvalue weighted by atomic mass is 10.0. The summed E-state index contributed by atoms with van der Waals surface area (Å²) in [4.78, 5) is 40.2. The summed E-state index contributed by atoms with van der Waals surface area (Å²) in [7, 11) is 0. The van der Waals surface area contributed by atoms with Crippen molar-refractivity contribution in [3.05, 3.63) is 0 Å². The molecule has 11 nitrogen and oxygen atoms in total. The smallest absolute Gasteiger partial charge is 0.320 e. The summed E-state index contributed by atoms with van der Waals surface area (Å²) < 4.78 is 0. The molecule has 1 aliphatic rings. The molecule has 0 aromatic carbocycles. The van der Waals surface area contributed by atoms with Gasteiger partial charge >= 0.3 is 23.9 Å². The summed E-state index contributed by atoms with van der Waals surface area (Å²) in [6.45, 7) is 4.61. The molecule has 1 saturated heterocycles. The third-order valence-electron chi connectivity index (χ3n) is 3.89. The molecule has 0 spiro atoms. The van der Waals surface area contributed by atoms with Crippen LogP contribution in [0.3, 0.4) is 0 Å². The fourth-order valence-electron chi connectivity index (χ4n) is 1.80. The van der Waals surface area contributed by atoms with Gasteiger partial charge in [-0.05, 0) is 31.7 Å². The van der Waals surface area contributed by atoms with Gasteiger partial charge in [0.15, 0.2) is 0 Å². The first kappa shape index (κ1) is 27.0. The molecule has 3 unspecified atom stereocenters. The summed E-state index contributed by atoms with van der Waals surface area (Å²) in [5, 5.41) is 35.8. The topological polar surface area (TPSA) is 213 Å². The van der Waals surface area contributed by atoms with Gasteiger partial charge in [0, 0.05) is 6.42 Å². The Hall–Kier alpha value is -2.24. The zero-order valence-electron chi connectivity index (χ0n) is 15.6. The maximum absolute atomic E-state index is 10.2. The monoisotopic (exact) mass is 393 g/mol. The lowest BCUT2D eigenvalue weighted by molar-refractivity contribution is -0.141. The molecule has 27 heavy (non-hydrogen) atoms. The van der Waals surface area contributed by atoms with Crippen molar-refractivity contribution in [2.45, 2.75) is 64.1 Å². The number of aliphatic carboxylic acids is 4. The minimum atomic E-state index is -1.17. The predicted molar refractivity (Wildman–Crippen MR) is 96.2 cm³/mol. The molecule has 0 aromatic rings. The molecule has 1 heterocycles. The molecule has 0 radical (unpaired) electrons. The van der Waals surface area contributed by atoms with Crippen LogP contribution in [-0.2, 0) is 19.2 Å². The molecular weight excluding hydrogens is 362 g/mol. The number of rotatable bonds is 8. The largest absolute Gasteiger partial charge is 0.481 e. The molecule has 0 amide bonds. The Morgan fingerprint density at radius 2 is 1.63 bits per heavy atom. The number of nitrogens with one attached hydrogen (secondary N) is 1. The summed E-state index contributed by atoms with van der Waals surface area (Å²) in [6, 6.07) is -2.03. The van der Waals surface area contributed by atoms with Crippen molar-refractivity contribution in [2.24, 2.45) is 17.4 Å². The van der Waals surface area contributed by atoms with Crippen LogP contribution in [0.2, 0.25) is 0 Å². The van der Waals surface area contributed by atoms with E-state index >= 15 is 0 Å². The van der Waals surface area contributed by atoms with Crippen LogP contribution >= 0.6 is 0 Å². The molecule has 0 saturated carbocycles. The number of carboxylic acids is 4. The quantitative estimate of drug-likeness (QED) is 0.280. The van der Waals surface area contributed by atoms with Crippen LogP contribution < -0.4 is 16.8 Å². The minimum Gasteiger partial charge on any atom is -0.481 e. The van der Waals surface area contributed by atoms with Crippen molar-refractivity contribution in [3.63, 3.8) is 0 Å². The maximum atomic E-state index is 10.2. The highest BCUT2D eigenvalue weighted by molar-refractivity contribution is 5.75. The number of nitrogens with two attached hydrogens (primary N) is 2. The van der Waals surface area contributed by atoms with Gasteiger partial charge in [-0.25, -0.2) is 0 Å². The van der Waals surface area contributed by atoms with Gasteiger partial charge in [0.1, 0.15) is 18.1 Å². The van der Waals surface area contributed by atoms with E-state index in [0.717, 1.165) is 25.8 Å². The van der Waals surface area contributed by atoms with E-state index < -0.39 is 36.0 Å². The molecule has 9 N–H and O–H groups in total. The first-order valence-corrected chi connectivity index (χ1v) is 8.58. The fourth-order valence-corrected chi connectivity index (χ4v) is 1.80. The standard InChI is InChI=1S/C6H13NO2.C5H9NO4.C5H9NO2/c1-3-4(2)5(7)6(8)9;6-3(5(9)10)1-2-4(7)8;7-5(8)4-2-1-3-6-4/h4-5H,3,7H2,1-2H3,(H,8,9);3H,1-2,6H2,(H,7,8)(H,9,10);4,6H,1-3H2,(H,7,8)/t;;4-/m..0/s1. The maximum Gasteiger partial charge on any atom is 0.320 e. The number of hydrogen-bond donors (Lipinski definition) is 7. The van der Waals surface area contributed by atoms with Gasteiger partial charge in [-0.3, -0.25) is 19.2 Å². The van der Waals surface area contributed by atoms with E-state index in [0.29, 0.717) is 0 Å². The second-order valence-corrected chi connectivity index (χ2v) is 6.11. The van der Waals surface area contributed by atoms with Gasteiger partial charge in [0.05, 0.1) is 0 Å². The van der Waals surface area contributed by atoms with Crippen LogP contribution in [-0.4, -0.2) is 69.0 Å². The van der Waals surface area contributed by atoms with E-state index in [1.54, 1.807) is 0 Å². The van der Waals surface area contributed by atoms with Crippen LogP contribution in [0.5, 0.6) is 0 Å². The third kappa shape index (κ3) is 14.6. The normalized spacial score (nSPS) is 18.6. The highest BCUT2D eigenvalue weighted by Crippen LogP contribution is 2.04. The molecule has 1 rings (SSSR count). The van der Waals surface area contributed by atoms with Crippen LogP contribution in [0.4, 0.5) is 0 Å². The van der Waals surface area contributed by atoms with Gasteiger partial charge in [-0.2, -0.15) is 0 Å². The SMILES string of the molecule is CCC(C)C(N)C(=O)O.NC(CCC(=O)O)C(=O)O.O=C(O)[C@@H]1CCCN1. The molecule has 0 bridgehead atoms. The Balaban J connectivity index is 0. The molecule has 1 aliphatic heterocycles. The number of carboxylic acid groups (broad SMARTS) is 4. The van der Waals surface area contributed by atoms with Gasteiger partial charge in [-0.1, -0.05) is 20.3 Å². The molecule has 11 heteroatoms. The van der Waals surface area contributed by atoms with Gasteiger partial charge < -0.3 is 37.2 Å². The molecule has 0 aliphatic carbocycles. The van der Waals surface area contributed by atoms with E-state index in [2.05, 4.69) is 5.32 Å². The summed E-state index contributed by atoms with van der Waals surface area (Å²) in [6.07, 6.45) is 2.37.